The SMILES string of the molecule is FC1CCN(CCCC2CNc3ccccc32)CC1. The van der Waals surface area contributed by atoms with Gasteiger partial charge in [-0.3, -0.25) is 0 Å². The molecule has 2 aliphatic heterocycles. The third kappa shape index (κ3) is 3.08. The fraction of sp³-hybridized carbons (Fsp3) is 0.625. The van der Waals surface area contributed by atoms with Crippen molar-refractivity contribution in [3.05, 3.63) is 29.8 Å². The van der Waals surface area contributed by atoms with Gasteiger partial charge in [0.15, 0.2) is 0 Å². The molecule has 2 aliphatic rings. The number of nitrogens with one attached hydrogen (secondary N) is 1. The van der Waals surface area contributed by atoms with E-state index in [2.05, 4.69) is 34.5 Å². The zero-order valence-corrected chi connectivity index (χ0v) is 11.4. The second-order valence-corrected chi connectivity index (χ2v) is 5.82. The Morgan fingerprint density at radius 3 is 2.84 bits per heavy atom. The van der Waals surface area contributed by atoms with Crippen LogP contribution in [0, 0.1) is 0 Å². The van der Waals surface area contributed by atoms with Gasteiger partial charge < -0.3 is 10.2 Å². The number of alkyl halides is 1. The van der Waals surface area contributed by atoms with E-state index in [9.17, 15) is 4.39 Å². The van der Waals surface area contributed by atoms with Gasteiger partial charge in [0.25, 0.3) is 0 Å². The number of piperidine rings is 1. The maximum Gasteiger partial charge on any atom is 0.103 e. The molecule has 0 saturated carbocycles. The van der Waals surface area contributed by atoms with Crippen molar-refractivity contribution in [3.8, 4) is 0 Å². The predicted molar refractivity (Wildman–Crippen MR) is 77.5 cm³/mol. The first-order valence-electron chi connectivity index (χ1n) is 7.52. The van der Waals surface area contributed by atoms with Gasteiger partial charge in [-0.15, -0.1) is 0 Å². The van der Waals surface area contributed by atoms with Crippen LogP contribution in [0.25, 0.3) is 0 Å². The van der Waals surface area contributed by atoms with Crippen molar-refractivity contribution in [1.82, 2.24) is 4.90 Å². The topological polar surface area (TPSA) is 15.3 Å². The quantitative estimate of drug-likeness (QED) is 0.894. The minimum atomic E-state index is -0.554. The molecule has 0 radical (unpaired) electrons. The zero-order valence-electron chi connectivity index (χ0n) is 11.4. The number of benzene rings is 1. The van der Waals surface area contributed by atoms with Crippen molar-refractivity contribution < 1.29 is 4.39 Å². The van der Waals surface area contributed by atoms with Crippen LogP contribution in [0.2, 0.25) is 0 Å². The van der Waals surface area contributed by atoms with Crippen LogP contribution in [-0.4, -0.2) is 37.3 Å². The summed E-state index contributed by atoms with van der Waals surface area (Å²) in [7, 11) is 0. The minimum absolute atomic E-state index is 0.554. The number of nitrogens with zero attached hydrogens (tertiary/aromatic N) is 1. The third-order valence-corrected chi connectivity index (χ3v) is 4.48. The number of para-hydroxylation sites is 1. The molecule has 104 valence electrons. The average molecular weight is 262 g/mol. The maximum absolute atomic E-state index is 13.1. The summed E-state index contributed by atoms with van der Waals surface area (Å²) in [5.74, 6) is 0.662. The summed E-state index contributed by atoms with van der Waals surface area (Å²) in [4.78, 5) is 2.42. The van der Waals surface area contributed by atoms with Gasteiger partial charge in [-0.05, 0) is 43.9 Å². The van der Waals surface area contributed by atoms with E-state index < -0.39 is 6.17 Å². The summed E-state index contributed by atoms with van der Waals surface area (Å²) in [6.45, 7) is 4.10. The molecule has 1 aromatic carbocycles. The molecule has 0 bridgehead atoms. The Bertz CT molecular complexity index is 413. The van der Waals surface area contributed by atoms with Crippen LogP contribution in [0.4, 0.5) is 10.1 Å². The van der Waals surface area contributed by atoms with Crippen molar-refractivity contribution in [2.24, 2.45) is 0 Å². The summed E-state index contributed by atoms with van der Waals surface area (Å²) in [6, 6.07) is 8.64. The van der Waals surface area contributed by atoms with Crippen molar-refractivity contribution in [2.45, 2.75) is 37.8 Å². The van der Waals surface area contributed by atoms with E-state index in [-0.39, 0.29) is 0 Å². The van der Waals surface area contributed by atoms with Crippen molar-refractivity contribution in [3.63, 3.8) is 0 Å². The van der Waals surface area contributed by atoms with Gasteiger partial charge in [0.05, 0.1) is 0 Å². The predicted octanol–water partition coefficient (Wildman–Crippen LogP) is 3.41. The molecule has 2 heterocycles. The first-order valence-corrected chi connectivity index (χ1v) is 7.52. The van der Waals surface area contributed by atoms with Gasteiger partial charge >= 0.3 is 0 Å². The summed E-state index contributed by atoms with van der Waals surface area (Å²) in [5, 5.41) is 3.48. The fourth-order valence-electron chi connectivity index (χ4n) is 3.30. The molecule has 0 aromatic heterocycles. The van der Waals surface area contributed by atoms with Gasteiger partial charge in [0, 0.05) is 31.2 Å². The Labute approximate surface area is 115 Å². The van der Waals surface area contributed by atoms with E-state index in [0.717, 1.165) is 39.0 Å². The number of hydrogen-bond acceptors (Lipinski definition) is 2. The first kappa shape index (κ1) is 12.9. The molecule has 1 unspecified atom stereocenters. The number of likely N-dealkylation sites (tertiary alicyclic amines) is 1. The lowest BCUT2D eigenvalue weighted by Crippen LogP contribution is -2.35. The highest BCUT2D eigenvalue weighted by Crippen LogP contribution is 2.33. The number of anilines is 1. The highest BCUT2D eigenvalue weighted by atomic mass is 19.1. The zero-order chi connectivity index (χ0) is 13.1. The third-order valence-electron chi connectivity index (χ3n) is 4.48. The summed E-state index contributed by atoms with van der Waals surface area (Å²) in [6.07, 6.45) is 3.36. The second kappa shape index (κ2) is 5.91. The molecule has 1 saturated heterocycles. The Hall–Kier alpha value is -1.09. The van der Waals surface area contributed by atoms with Crippen LogP contribution < -0.4 is 5.32 Å². The van der Waals surface area contributed by atoms with Crippen LogP contribution >= 0.6 is 0 Å². The lowest BCUT2D eigenvalue weighted by molar-refractivity contribution is 0.148. The smallest absolute Gasteiger partial charge is 0.103 e. The highest BCUT2D eigenvalue weighted by Gasteiger charge is 2.22. The van der Waals surface area contributed by atoms with Crippen molar-refractivity contribution >= 4 is 5.69 Å². The van der Waals surface area contributed by atoms with Crippen LogP contribution in [0.3, 0.4) is 0 Å². The molecule has 3 rings (SSSR count). The van der Waals surface area contributed by atoms with Crippen molar-refractivity contribution in [1.29, 1.82) is 0 Å². The van der Waals surface area contributed by atoms with Crippen LogP contribution in [0.5, 0.6) is 0 Å². The van der Waals surface area contributed by atoms with Gasteiger partial charge in [-0.2, -0.15) is 0 Å². The number of fused-ring (bicyclic) bond motifs is 1. The number of rotatable bonds is 4. The van der Waals surface area contributed by atoms with E-state index >= 15 is 0 Å². The lowest BCUT2D eigenvalue weighted by atomic mass is 9.96. The monoisotopic (exact) mass is 262 g/mol. The molecule has 0 amide bonds. The molecular formula is C16H23FN2. The molecule has 0 aliphatic carbocycles. The minimum Gasteiger partial charge on any atom is -0.384 e. The Morgan fingerprint density at radius 1 is 1.21 bits per heavy atom. The van der Waals surface area contributed by atoms with Crippen LogP contribution in [0.15, 0.2) is 24.3 Å². The van der Waals surface area contributed by atoms with Gasteiger partial charge in [0.1, 0.15) is 6.17 Å². The van der Waals surface area contributed by atoms with E-state index in [4.69, 9.17) is 0 Å². The average Bonchev–Trinajstić information content (AvgIpc) is 2.85. The highest BCUT2D eigenvalue weighted by molar-refractivity contribution is 5.57. The molecule has 1 N–H and O–H groups in total. The molecule has 1 aromatic rings. The Balaban J connectivity index is 1.44. The first-order chi connectivity index (χ1) is 9.33. The summed E-state index contributed by atoms with van der Waals surface area (Å²) >= 11 is 0. The summed E-state index contributed by atoms with van der Waals surface area (Å²) < 4.78 is 13.1. The molecular weight excluding hydrogens is 239 g/mol. The van der Waals surface area contributed by atoms with E-state index in [1.54, 1.807) is 0 Å². The Kier molecular flexibility index (Phi) is 4.02. The molecule has 19 heavy (non-hydrogen) atoms. The van der Waals surface area contributed by atoms with Crippen LogP contribution in [-0.2, 0) is 0 Å². The Morgan fingerprint density at radius 2 is 2.00 bits per heavy atom. The van der Waals surface area contributed by atoms with Crippen LogP contribution in [0.1, 0.15) is 37.2 Å². The van der Waals surface area contributed by atoms with Crippen molar-refractivity contribution in [2.75, 3.05) is 31.5 Å². The molecule has 3 heteroatoms. The van der Waals surface area contributed by atoms with Gasteiger partial charge in [0.2, 0.25) is 0 Å². The van der Waals surface area contributed by atoms with E-state index in [1.165, 1.54) is 24.1 Å². The van der Waals surface area contributed by atoms with E-state index in [0.29, 0.717) is 5.92 Å². The summed E-state index contributed by atoms with van der Waals surface area (Å²) in [5.41, 5.74) is 2.79. The van der Waals surface area contributed by atoms with E-state index in [1.807, 2.05) is 0 Å². The standard InChI is InChI=1S/C16H23FN2/c17-14-7-10-19(11-8-14)9-3-4-13-12-18-16-6-2-1-5-15(13)16/h1-2,5-6,13-14,18H,3-4,7-12H2. The van der Waals surface area contributed by atoms with Gasteiger partial charge in [-0.1, -0.05) is 18.2 Å². The molecule has 1 fully saturated rings. The fourth-order valence-corrected chi connectivity index (χ4v) is 3.30. The van der Waals surface area contributed by atoms with Gasteiger partial charge in [-0.25, -0.2) is 4.39 Å². The normalized spacial score (nSPS) is 24.2. The molecule has 2 nitrogen and oxygen atoms in total. The number of hydrogen-bond donors (Lipinski definition) is 1. The second-order valence-electron chi connectivity index (χ2n) is 5.82. The largest absolute Gasteiger partial charge is 0.384 e. The molecule has 0 spiro atoms. The molecule has 1 atom stereocenters. The lowest BCUT2D eigenvalue weighted by Gasteiger charge is -2.28. The number of halogens is 1. The maximum atomic E-state index is 13.1.